The molecule has 0 aliphatic heterocycles. The highest BCUT2D eigenvalue weighted by atomic mass is 16.5. The zero-order chi connectivity index (χ0) is 13.4. The molecule has 0 fully saturated rings. The summed E-state index contributed by atoms with van der Waals surface area (Å²) in [7, 11) is 1.65. The first-order valence-corrected chi connectivity index (χ1v) is 6.25. The van der Waals surface area contributed by atoms with Gasteiger partial charge in [0.1, 0.15) is 5.75 Å². The van der Waals surface area contributed by atoms with E-state index in [1.807, 2.05) is 38.1 Å². The molecular formula is C14H22N2O2. The lowest BCUT2D eigenvalue weighted by atomic mass is 10.2. The summed E-state index contributed by atoms with van der Waals surface area (Å²) in [6.45, 7) is 5.37. The Bertz CT molecular complexity index is 361. The molecular weight excluding hydrogens is 228 g/mol. The highest BCUT2D eigenvalue weighted by molar-refractivity contribution is 5.76. The molecule has 0 aliphatic rings. The Balaban J connectivity index is 2.19. The summed E-state index contributed by atoms with van der Waals surface area (Å²) < 4.78 is 5.09. The molecule has 0 aliphatic carbocycles. The van der Waals surface area contributed by atoms with Crippen LogP contribution < -0.4 is 15.4 Å². The van der Waals surface area contributed by atoms with Crippen molar-refractivity contribution in [2.75, 3.05) is 13.7 Å². The average Bonchev–Trinajstić information content (AvgIpc) is 2.34. The fourth-order valence-corrected chi connectivity index (χ4v) is 1.57. The van der Waals surface area contributed by atoms with Gasteiger partial charge < -0.3 is 15.4 Å². The molecule has 0 bridgehead atoms. The molecule has 18 heavy (non-hydrogen) atoms. The van der Waals surface area contributed by atoms with E-state index in [9.17, 15) is 4.79 Å². The molecule has 0 saturated heterocycles. The number of methoxy groups -OCH3 is 1. The Morgan fingerprint density at radius 3 is 2.50 bits per heavy atom. The SMILES string of the molecule is COc1ccc(CNCCC(=O)NC(C)C)cc1. The Morgan fingerprint density at radius 2 is 1.94 bits per heavy atom. The minimum Gasteiger partial charge on any atom is -0.497 e. The predicted molar refractivity (Wildman–Crippen MR) is 72.6 cm³/mol. The zero-order valence-electron chi connectivity index (χ0n) is 11.3. The predicted octanol–water partition coefficient (Wildman–Crippen LogP) is 1.70. The molecule has 4 nitrogen and oxygen atoms in total. The Morgan fingerprint density at radius 1 is 1.28 bits per heavy atom. The summed E-state index contributed by atoms with van der Waals surface area (Å²) in [5, 5.41) is 6.10. The van der Waals surface area contributed by atoms with Crippen LogP contribution in [0.4, 0.5) is 0 Å². The monoisotopic (exact) mass is 250 g/mol. The standard InChI is InChI=1S/C14H22N2O2/c1-11(2)16-14(17)8-9-15-10-12-4-6-13(18-3)7-5-12/h4-7,11,15H,8-10H2,1-3H3,(H,16,17). The number of amides is 1. The second-order valence-electron chi connectivity index (χ2n) is 4.50. The van der Waals surface area contributed by atoms with Gasteiger partial charge in [-0.05, 0) is 31.5 Å². The van der Waals surface area contributed by atoms with Gasteiger partial charge in [0.15, 0.2) is 0 Å². The Kier molecular flexibility index (Phi) is 6.22. The van der Waals surface area contributed by atoms with Crippen LogP contribution >= 0.6 is 0 Å². The van der Waals surface area contributed by atoms with Crippen LogP contribution in [0.3, 0.4) is 0 Å². The average molecular weight is 250 g/mol. The van der Waals surface area contributed by atoms with E-state index < -0.39 is 0 Å². The maximum atomic E-state index is 11.4. The summed E-state index contributed by atoms with van der Waals surface area (Å²) in [5.41, 5.74) is 1.18. The fraction of sp³-hybridized carbons (Fsp3) is 0.500. The van der Waals surface area contributed by atoms with Gasteiger partial charge in [0.2, 0.25) is 5.91 Å². The van der Waals surface area contributed by atoms with E-state index in [1.54, 1.807) is 7.11 Å². The van der Waals surface area contributed by atoms with Gasteiger partial charge >= 0.3 is 0 Å². The largest absolute Gasteiger partial charge is 0.497 e. The minimum absolute atomic E-state index is 0.0900. The number of benzene rings is 1. The van der Waals surface area contributed by atoms with Crippen molar-refractivity contribution in [2.45, 2.75) is 32.9 Å². The molecule has 0 saturated carbocycles. The fourth-order valence-electron chi connectivity index (χ4n) is 1.57. The van der Waals surface area contributed by atoms with Crippen LogP contribution in [0, 0.1) is 0 Å². The molecule has 2 N–H and O–H groups in total. The topological polar surface area (TPSA) is 50.4 Å². The van der Waals surface area contributed by atoms with Crippen LogP contribution in [-0.2, 0) is 11.3 Å². The number of ether oxygens (including phenoxy) is 1. The van der Waals surface area contributed by atoms with Gasteiger partial charge in [0.25, 0.3) is 0 Å². The first kappa shape index (κ1) is 14.5. The molecule has 100 valence electrons. The van der Waals surface area contributed by atoms with Crippen molar-refractivity contribution in [1.82, 2.24) is 10.6 Å². The molecule has 0 radical (unpaired) electrons. The second-order valence-corrected chi connectivity index (χ2v) is 4.50. The van der Waals surface area contributed by atoms with Crippen molar-refractivity contribution in [3.8, 4) is 5.75 Å². The van der Waals surface area contributed by atoms with Crippen LogP contribution in [0.2, 0.25) is 0 Å². The van der Waals surface area contributed by atoms with E-state index in [1.165, 1.54) is 5.56 Å². The van der Waals surface area contributed by atoms with Gasteiger partial charge in [-0.2, -0.15) is 0 Å². The summed E-state index contributed by atoms with van der Waals surface area (Å²) in [6.07, 6.45) is 0.508. The lowest BCUT2D eigenvalue weighted by Crippen LogP contribution is -2.32. The van der Waals surface area contributed by atoms with Gasteiger partial charge in [-0.25, -0.2) is 0 Å². The number of rotatable bonds is 7. The van der Waals surface area contributed by atoms with Crippen LogP contribution in [0.1, 0.15) is 25.8 Å². The molecule has 1 rings (SSSR count). The minimum atomic E-state index is 0.0900. The second kappa shape index (κ2) is 7.71. The smallest absolute Gasteiger partial charge is 0.221 e. The molecule has 4 heteroatoms. The molecule has 0 atom stereocenters. The summed E-state index contributed by atoms with van der Waals surface area (Å²) in [4.78, 5) is 11.4. The third-order valence-corrected chi connectivity index (χ3v) is 2.47. The summed E-state index contributed by atoms with van der Waals surface area (Å²) in [5.74, 6) is 0.947. The van der Waals surface area contributed by atoms with Gasteiger partial charge in [0.05, 0.1) is 7.11 Å². The lowest BCUT2D eigenvalue weighted by Gasteiger charge is -2.09. The van der Waals surface area contributed by atoms with Crippen LogP contribution in [0.15, 0.2) is 24.3 Å². The van der Waals surface area contributed by atoms with Crippen molar-refractivity contribution < 1.29 is 9.53 Å². The van der Waals surface area contributed by atoms with Crippen LogP contribution in [0.5, 0.6) is 5.75 Å². The maximum absolute atomic E-state index is 11.4. The molecule has 1 amide bonds. The Labute approximate surface area is 109 Å². The van der Waals surface area contributed by atoms with Crippen LogP contribution in [0.25, 0.3) is 0 Å². The molecule has 1 aromatic rings. The van der Waals surface area contributed by atoms with Crippen LogP contribution in [-0.4, -0.2) is 25.6 Å². The number of carbonyl (C=O) groups excluding carboxylic acids is 1. The molecule has 0 heterocycles. The number of hydrogen-bond donors (Lipinski definition) is 2. The van der Waals surface area contributed by atoms with Gasteiger partial charge in [-0.1, -0.05) is 12.1 Å². The highest BCUT2D eigenvalue weighted by Crippen LogP contribution is 2.10. The van der Waals surface area contributed by atoms with E-state index >= 15 is 0 Å². The maximum Gasteiger partial charge on any atom is 0.221 e. The van der Waals surface area contributed by atoms with Gasteiger partial charge in [-0.15, -0.1) is 0 Å². The van der Waals surface area contributed by atoms with E-state index in [4.69, 9.17) is 4.74 Å². The van der Waals surface area contributed by atoms with E-state index in [0.717, 1.165) is 12.3 Å². The lowest BCUT2D eigenvalue weighted by molar-refractivity contribution is -0.121. The summed E-state index contributed by atoms with van der Waals surface area (Å²) in [6, 6.07) is 8.10. The van der Waals surface area contributed by atoms with Gasteiger partial charge in [-0.3, -0.25) is 4.79 Å². The number of hydrogen-bond acceptors (Lipinski definition) is 3. The van der Waals surface area contributed by atoms with E-state index in [0.29, 0.717) is 13.0 Å². The van der Waals surface area contributed by atoms with E-state index in [-0.39, 0.29) is 11.9 Å². The third-order valence-electron chi connectivity index (χ3n) is 2.47. The number of carbonyl (C=O) groups is 1. The molecule has 0 aromatic heterocycles. The molecule has 0 unspecified atom stereocenters. The quantitative estimate of drug-likeness (QED) is 0.724. The van der Waals surface area contributed by atoms with Crippen molar-refractivity contribution in [3.05, 3.63) is 29.8 Å². The Hall–Kier alpha value is -1.55. The first-order chi connectivity index (χ1) is 8.61. The normalized spacial score (nSPS) is 10.4. The van der Waals surface area contributed by atoms with E-state index in [2.05, 4.69) is 10.6 Å². The first-order valence-electron chi connectivity index (χ1n) is 6.25. The molecule has 0 spiro atoms. The molecule has 1 aromatic carbocycles. The summed E-state index contributed by atoms with van der Waals surface area (Å²) >= 11 is 0. The van der Waals surface area contributed by atoms with Gasteiger partial charge in [0, 0.05) is 25.6 Å². The number of nitrogens with one attached hydrogen (secondary N) is 2. The third kappa shape index (κ3) is 5.68. The van der Waals surface area contributed by atoms with Crippen molar-refractivity contribution in [1.29, 1.82) is 0 Å². The zero-order valence-corrected chi connectivity index (χ0v) is 11.3. The van der Waals surface area contributed by atoms with Crippen molar-refractivity contribution in [3.63, 3.8) is 0 Å². The van der Waals surface area contributed by atoms with Crippen molar-refractivity contribution >= 4 is 5.91 Å². The van der Waals surface area contributed by atoms with Crippen molar-refractivity contribution in [2.24, 2.45) is 0 Å². The highest BCUT2D eigenvalue weighted by Gasteiger charge is 2.02.